The molecule has 3 aliphatic rings. The van der Waals surface area contributed by atoms with Crippen LogP contribution in [0.1, 0.15) is 28.8 Å². The van der Waals surface area contributed by atoms with Crippen molar-refractivity contribution in [1.29, 1.82) is 0 Å². The quantitative estimate of drug-likeness (QED) is 0.782. The van der Waals surface area contributed by atoms with Gasteiger partial charge in [-0.05, 0) is 48.9 Å². The van der Waals surface area contributed by atoms with Gasteiger partial charge in [0.1, 0.15) is 5.82 Å². The minimum atomic E-state index is 0.0443. The van der Waals surface area contributed by atoms with E-state index in [9.17, 15) is 4.79 Å². The summed E-state index contributed by atoms with van der Waals surface area (Å²) < 4.78 is 5.47. The van der Waals surface area contributed by atoms with E-state index in [4.69, 9.17) is 4.74 Å². The van der Waals surface area contributed by atoms with Crippen molar-refractivity contribution in [2.24, 2.45) is 5.92 Å². The van der Waals surface area contributed by atoms with Crippen LogP contribution in [-0.2, 0) is 11.2 Å². The van der Waals surface area contributed by atoms with Crippen molar-refractivity contribution in [3.05, 3.63) is 53.7 Å². The molecule has 3 aliphatic heterocycles. The molecule has 0 radical (unpaired) electrons. The Hall–Kier alpha value is -2.44. The summed E-state index contributed by atoms with van der Waals surface area (Å²) in [5, 5.41) is 0. The van der Waals surface area contributed by atoms with Crippen LogP contribution in [0.3, 0.4) is 0 Å². The summed E-state index contributed by atoms with van der Waals surface area (Å²) in [4.78, 5) is 24.5. The maximum atomic E-state index is 13.0. The second-order valence-corrected chi connectivity index (χ2v) is 8.61. The molecule has 158 valence electrons. The molecule has 1 aromatic carbocycles. The minimum absolute atomic E-state index is 0.0443. The summed E-state index contributed by atoms with van der Waals surface area (Å²) in [7, 11) is 0. The third-order valence-electron chi connectivity index (χ3n) is 6.59. The number of anilines is 2. The number of amides is 1. The zero-order valence-corrected chi connectivity index (χ0v) is 17.5. The zero-order chi connectivity index (χ0) is 20.3. The summed E-state index contributed by atoms with van der Waals surface area (Å²) in [5.74, 6) is 1.70. The molecule has 0 saturated carbocycles. The first kappa shape index (κ1) is 19.5. The molecule has 5 rings (SSSR count). The Morgan fingerprint density at radius 2 is 1.93 bits per heavy atom. The smallest absolute Gasteiger partial charge is 0.259 e. The van der Waals surface area contributed by atoms with E-state index in [0.717, 1.165) is 70.4 Å². The van der Waals surface area contributed by atoms with Gasteiger partial charge in [0.25, 0.3) is 5.91 Å². The van der Waals surface area contributed by atoms with E-state index in [2.05, 4.69) is 20.9 Å². The molecular formula is C24H30N4O2. The van der Waals surface area contributed by atoms with Gasteiger partial charge in [-0.25, -0.2) is 4.98 Å². The van der Waals surface area contributed by atoms with Crippen molar-refractivity contribution < 1.29 is 9.53 Å². The highest BCUT2D eigenvalue weighted by molar-refractivity contribution is 6.07. The predicted molar refractivity (Wildman–Crippen MR) is 118 cm³/mol. The first-order chi connectivity index (χ1) is 14.8. The summed E-state index contributed by atoms with van der Waals surface area (Å²) in [6.07, 6.45) is 5.15. The van der Waals surface area contributed by atoms with E-state index in [1.54, 1.807) is 6.20 Å². The van der Waals surface area contributed by atoms with E-state index < -0.39 is 0 Å². The number of aromatic nitrogens is 1. The number of hydrogen-bond acceptors (Lipinski definition) is 5. The van der Waals surface area contributed by atoms with Gasteiger partial charge < -0.3 is 14.5 Å². The van der Waals surface area contributed by atoms with E-state index in [0.29, 0.717) is 11.5 Å². The molecule has 2 fully saturated rings. The monoisotopic (exact) mass is 406 g/mol. The summed E-state index contributed by atoms with van der Waals surface area (Å²) >= 11 is 0. The van der Waals surface area contributed by atoms with E-state index in [1.165, 1.54) is 18.4 Å². The molecule has 6 heteroatoms. The Balaban J connectivity index is 1.23. The van der Waals surface area contributed by atoms with Gasteiger partial charge in [-0.3, -0.25) is 9.69 Å². The average molecular weight is 407 g/mol. The van der Waals surface area contributed by atoms with Crippen molar-refractivity contribution in [1.82, 2.24) is 9.88 Å². The highest BCUT2D eigenvalue weighted by atomic mass is 16.5. The second-order valence-electron chi connectivity index (χ2n) is 8.61. The molecular weight excluding hydrogens is 376 g/mol. The molecule has 0 N–H and O–H groups in total. The molecule has 1 atom stereocenters. The third kappa shape index (κ3) is 4.07. The summed E-state index contributed by atoms with van der Waals surface area (Å²) in [6.45, 7) is 7.77. The lowest BCUT2D eigenvalue weighted by molar-refractivity contribution is 0.0296. The van der Waals surface area contributed by atoms with Crippen LogP contribution in [0.15, 0.2) is 42.6 Å². The van der Waals surface area contributed by atoms with Crippen molar-refractivity contribution >= 4 is 17.4 Å². The van der Waals surface area contributed by atoms with Crippen LogP contribution in [0.4, 0.5) is 11.5 Å². The third-order valence-corrected chi connectivity index (χ3v) is 6.59. The van der Waals surface area contributed by atoms with Crippen LogP contribution < -0.4 is 9.80 Å². The highest BCUT2D eigenvalue weighted by Crippen LogP contribution is 2.29. The van der Waals surface area contributed by atoms with Gasteiger partial charge in [-0.2, -0.15) is 0 Å². The number of hydrogen-bond donors (Lipinski definition) is 0. The van der Waals surface area contributed by atoms with Crippen molar-refractivity contribution in [2.75, 3.05) is 62.3 Å². The number of morpholine rings is 1. The second kappa shape index (κ2) is 8.74. The summed E-state index contributed by atoms with van der Waals surface area (Å²) in [5.41, 5.74) is 2.95. The largest absolute Gasteiger partial charge is 0.379 e. The molecule has 4 heterocycles. The highest BCUT2D eigenvalue weighted by Gasteiger charge is 2.27. The van der Waals surface area contributed by atoms with Gasteiger partial charge in [0.2, 0.25) is 0 Å². The minimum Gasteiger partial charge on any atom is -0.379 e. The van der Waals surface area contributed by atoms with Gasteiger partial charge in [0.05, 0.1) is 18.8 Å². The first-order valence-corrected chi connectivity index (χ1v) is 11.2. The maximum absolute atomic E-state index is 13.0. The molecule has 1 aromatic heterocycles. The van der Waals surface area contributed by atoms with Gasteiger partial charge >= 0.3 is 0 Å². The Morgan fingerprint density at radius 1 is 1.07 bits per heavy atom. The maximum Gasteiger partial charge on any atom is 0.259 e. The van der Waals surface area contributed by atoms with Crippen molar-refractivity contribution in [3.63, 3.8) is 0 Å². The fourth-order valence-corrected chi connectivity index (χ4v) is 4.98. The lowest BCUT2D eigenvalue weighted by Crippen LogP contribution is -2.44. The average Bonchev–Trinajstić information content (AvgIpc) is 3.24. The number of rotatable bonds is 4. The predicted octanol–water partition coefficient (Wildman–Crippen LogP) is 2.83. The molecule has 0 bridgehead atoms. The number of para-hydroxylation sites is 1. The van der Waals surface area contributed by atoms with Crippen LogP contribution in [0.5, 0.6) is 0 Å². The van der Waals surface area contributed by atoms with E-state index in [1.807, 2.05) is 35.2 Å². The molecule has 2 saturated heterocycles. The number of ether oxygens (including phenoxy) is 1. The first-order valence-electron chi connectivity index (χ1n) is 11.2. The topological polar surface area (TPSA) is 48.9 Å². The summed E-state index contributed by atoms with van der Waals surface area (Å²) in [6, 6.07) is 12.1. The molecule has 0 aliphatic carbocycles. The van der Waals surface area contributed by atoms with Gasteiger partial charge in [-0.15, -0.1) is 0 Å². The normalized spacial score (nSPS) is 22.2. The number of piperidine rings is 1. The Kier molecular flexibility index (Phi) is 5.69. The lowest BCUT2D eigenvalue weighted by atomic mass is 9.97. The number of carbonyl (C=O) groups is 1. The Bertz CT molecular complexity index is 879. The van der Waals surface area contributed by atoms with Crippen LogP contribution in [0.2, 0.25) is 0 Å². The Labute approximate surface area is 178 Å². The molecule has 1 unspecified atom stereocenters. The molecule has 6 nitrogen and oxygen atoms in total. The molecule has 30 heavy (non-hydrogen) atoms. The standard InChI is InChI=1S/C24H30N4O2/c29-24(28-11-9-20-5-1-2-6-22(20)28)21-7-8-23(25-16-21)27-10-3-4-19(18-27)17-26-12-14-30-15-13-26/h1-2,5-8,16,19H,3-4,9-15,17-18H2. The number of pyridine rings is 1. The van der Waals surface area contributed by atoms with Gasteiger partial charge in [-0.1, -0.05) is 18.2 Å². The van der Waals surface area contributed by atoms with E-state index in [-0.39, 0.29) is 5.91 Å². The van der Waals surface area contributed by atoms with Crippen LogP contribution in [-0.4, -0.2) is 68.3 Å². The van der Waals surface area contributed by atoms with Crippen molar-refractivity contribution in [2.45, 2.75) is 19.3 Å². The fraction of sp³-hybridized carbons (Fsp3) is 0.500. The number of fused-ring (bicyclic) bond motifs is 1. The fourth-order valence-electron chi connectivity index (χ4n) is 4.98. The van der Waals surface area contributed by atoms with Crippen LogP contribution in [0.25, 0.3) is 0 Å². The van der Waals surface area contributed by atoms with Crippen LogP contribution in [0, 0.1) is 5.92 Å². The van der Waals surface area contributed by atoms with Crippen molar-refractivity contribution in [3.8, 4) is 0 Å². The van der Waals surface area contributed by atoms with E-state index >= 15 is 0 Å². The number of carbonyl (C=O) groups excluding carboxylic acids is 1. The molecule has 2 aromatic rings. The van der Waals surface area contributed by atoms with Crippen LogP contribution >= 0.6 is 0 Å². The molecule has 1 amide bonds. The van der Waals surface area contributed by atoms with Gasteiger partial charge in [0.15, 0.2) is 0 Å². The zero-order valence-electron chi connectivity index (χ0n) is 17.5. The molecule has 0 spiro atoms. The lowest BCUT2D eigenvalue weighted by Gasteiger charge is -2.37. The number of nitrogens with zero attached hydrogens (tertiary/aromatic N) is 4. The Morgan fingerprint density at radius 3 is 2.77 bits per heavy atom. The van der Waals surface area contributed by atoms with Gasteiger partial charge in [0, 0.05) is 51.2 Å². The SMILES string of the molecule is O=C(c1ccc(N2CCCC(CN3CCOCC3)C2)nc1)N1CCc2ccccc21. The number of benzene rings is 1.